The van der Waals surface area contributed by atoms with Gasteiger partial charge in [0.25, 0.3) is 5.89 Å². The first-order chi connectivity index (χ1) is 11.3. The molecule has 23 heavy (non-hydrogen) atoms. The van der Waals surface area contributed by atoms with E-state index in [0.717, 1.165) is 21.6 Å². The number of benzene rings is 1. The molecule has 4 rings (SSSR count). The Bertz CT molecular complexity index is 971. The van der Waals surface area contributed by atoms with Crippen molar-refractivity contribution in [2.75, 3.05) is 0 Å². The minimum atomic E-state index is -0.145. The topological polar surface area (TPSA) is 89.9 Å². The van der Waals surface area contributed by atoms with E-state index in [1.807, 2.05) is 35.8 Å². The van der Waals surface area contributed by atoms with Crippen molar-refractivity contribution in [3.8, 4) is 10.8 Å². The first kappa shape index (κ1) is 14.0. The lowest BCUT2D eigenvalue weighted by molar-refractivity contribution is 0.266. The van der Waals surface area contributed by atoms with E-state index >= 15 is 0 Å². The Balaban J connectivity index is 1.72. The highest BCUT2D eigenvalue weighted by Crippen LogP contribution is 2.25. The molecule has 0 aliphatic heterocycles. The lowest BCUT2D eigenvalue weighted by Crippen LogP contribution is -2.06. The monoisotopic (exact) mass is 327 g/mol. The molecule has 8 heteroatoms. The van der Waals surface area contributed by atoms with E-state index in [2.05, 4.69) is 20.1 Å². The van der Waals surface area contributed by atoms with E-state index in [9.17, 15) is 5.11 Å². The maximum atomic E-state index is 9.54. The summed E-state index contributed by atoms with van der Waals surface area (Å²) in [7, 11) is 0. The molecule has 0 radical (unpaired) electrons. The lowest BCUT2D eigenvalue weighted by Gasteiger charge is -2.03. The highest BCUT2D eigenvalue weighted by Gasteiger charge is 2.16. The summed E-state index contributed by atoms with van der Waals surface area (Å²) in [5, 5.41) is 13.6. The third kappa shape index (κ3) is 2.41. The predicted molar refractivity (Wildman–Crippen MR) is 84.9 cm³/mol. The second kappa shape index (κ2) is 5.56. The van der Waals surface area contributed by atoms with Gasteiger partial charge in [0.05, 0.1) is 28.8 Å². The SMILES string of the molecule is Cc1ncsc1-c1nc(Cn2c(CO)nc3ccccc32)no1. The molecule has 0 bridgehead atoms. The molecule has 3 heterocycles. The summed E-state index contributed by atoms with van der Waals surface area (Å²) in [4.78, 5) is 13.9. The molecule has 0 saturated heterocycles. The van der Waals surface area contributed by atoms with Crippen LogP contribution in [0.2, 0.25) is 0 Å². The van der Waals surface area contributed by atoms with Gasteiger partial charge in [-0.3, -0.25) is 0 Å². The van der Waals surface area contributed by atoms with Crippen molar-refractivity contribution in [3.05, 3.63) is 47.1 Å². The van der Waals surface area contributed by atoms with Crippen molar-refractivity contribution in [1.82, 2.24) is 24.7 Å². The van der Waals surface area contributed by atoms with Crippen molar-refractivity contribution in [2.45, 2.75) is 20.1 Å². The van der Waals surface area contributed by atoms with E-state index in [1.54, 1.807) is 5.51 Å². The van der Waals surface area contributed by atoms with E-state index in [-0.39, 0.29) is 6.61 Å². The van der Waals surface area contributed by atoms with E-state index in [4.69, 9.17) is 4.52 Å². The van der Waals surface area contributed by atoms with Crippen molar-refractivity contribution in [1.29, 1.82) is 0 Å². The summed E-state index contributed by atoms with van der Waals surface area (Å²) in [5.74, 6) is 1.58. The second-order valence-corrected chi connectivity index (χ2v) is 5.90. The van der Waals surface area contributed by atoms with Crippen molar-refractivity contribution >= 4 is 22.4 Å². The van der Waals surface area contributed by atoms with Gasteiger partial charge in [0.2, 0.25) is 0 Å². The van der Waals surface area contributed by atoms with Crippen LogP contribution < -0.4 is 0 Å². The number of aliphatic hydroxyl groups is 1. The molecule has 0 aliphatic rings. The van der Waals surface area contributed by atoms with Crippen LogP contribution in [0.25, 0.3) is 21.8 Å². The number of aryl methyl sites for hydroxylation is 1. The Morgan fingerprint density at radius 3 is 2.91 bits per heavy atom. The Hall–Kier alpha value is -2.58. The number of hydrogen-bond donors (Lipinski definition) is 1. The third-order valence-electron chi connectivity index (χ3n) is 3.58. The summed E-state index contributed by atoms with van der Waals surface area (Å²) in [5.41, 5.74) is 4.38. The fourth-order valence-electron chi connectivity index (χ4n) is 2.48. The van der Waals surface area contributed by atoms with Crippen LogP contribution in [0.3, 0.4) is 0 Å². The zero-order chi connectivity index (χ0) is 15.8. The Morgan fingerprint density at radius 2 is 2.13 bits per heavy atom. The van der Waals surface area contributed by atoms with Gasteiger partial charge in [-0.15, -0.1) is 11.3 Å². The summed E-state index contributed by atoms with van der Waals surface area (Å²) in [6.45, 7) is 2.15. The largest absolute Gasteiger partial charge is 0.388 e. The summed E-state index contributed by atoms with van der Waals surface area (Å²) >= 11 is 1.47. The molecular weight excluding hydrogens is 314 g/mol. The van der Waals surface area contributed by atoms with Crippen LogP contribution >= 0.6 is 11.3 Å². The number of aliphatic hydroxyl groups excluding tert-OH is 1. The Labute approximate surface area is 135 Å². The van der Waals surface area contributed by atoms with Crippen LogP contribution in [0.1, 0.15) is 17.3 Å². The van der Waals surface area contributed by atoms with Gasteiger partial charge in [-0.05, 0) is 19.1 Å². The second-order valence-electron chi connectivity index (χ2n) is 5.04. The molecule has 116 valence electrons. The van der Waals surface area contributed by atoms with Gasteiger partial charge in [-0.2, -0.15) is 4.98 Å². The first-order valence-electron chi connectivity index (χ1n) is 7.04. The van der Waals surface area contributed by atoms with Crippen LogP contribution in [0.15, 0.2) is 34.3 Å². The van der Waals surface area contributed by atoms with E-state index in [1.165, 1.54) is 11.3 Å². The maximum Gasteiger partial charge on any atom is 0.269 e. The number of aromatic nitrogens is 5. The number of imidazole rings is 1. The molecule has 0 amide bonds. The highest BCUT2D eigenvalue weighted by molar-refractivity contribution is 7.13. The standard InChI is InChI=1S/C15H13N5O2S/c1-9-14(23-8-16-9)15-18-12(19-22-15)6-20-11-5-3-2-4-10(11)17-13(20)7-21/h2-5,8,21H,6-7H2,1H3. The Kier molecular flexibility index (Phi) is 3.40. The molecule has 0 fully saturated rings. The van der Waals surface area contributed by atoms with Gasteiger partial charge >= 0.3 is 0 Å². The number of nitrogens with zero attached hydrogens (tertiary/aromatic N) is 5. The van der Waals surface area contributed by atoms with Gasteiger partial charge in [0, 0.05) is 0 Å². The molecule has 1 aromatic carbocycles. The fourth-order valence-corrected chi connectivity index (χ4v) is 3.20. The molecule has 0 saturated carbocycles. The number of thiazole rings is 1. The van der Waals surface area contributed by atoms with Crippen LogP contribution in [0, 0.1) is 6.92 Å². The molecule has 0 unspecified atom stereocenters. The number of para-hydroxylation sites is 2. The maximum absolute atomic E-state index is 9.54. The molecule has 7 nitrogen and oxygen atoms in total. The molecule has 3 aromatic heterocycles. The minimum Gasteiger partial charge on any atom is -0.388 e. The molecule has 0 atom stereocenters. The quantitative estimate of drug-likeness (QED) is 0.619. The number of fused-ring (bicyclic) bond motifs is 1. The summed E-state index contributed by atoms with van der Waals surface area (Å²) < 4.78 is 7.23. The Morgan fingerprint density at radius 1 is 1.26 bits per heavy atom. The number of hydrogen-bond acceptors (Lipinski definition) is 7. The van der Waals surface area contributed by atoms with Crippen molar-refractivity contribution in [3.63, 3.8) is 0 Å². The van der Waals surface area contributed by atoms with Gasteiger partial charge in [-0.1, -0.05) is 17.3 Å². The molecule has 1 N–H and O–H groups in total. The third-order valence-corrected chi connectivity index (χ3v) is 4.50. The molecular formula is C15H13N5O2S. The normalized spacial score (nSPS) is 11.4. The average molecular weight is 327 g/mol. The van der Waals surface area contributed by atoms with Crippen molar-refractivity contribution < 1.29 is 9.63 Å². The summed E-state index contributed by atoms with van der Waals surface area (Å²) in [6.07, 6.45) is 0. The van der Waals surface area contributed by atoms with Crippen LogP contribution in [-0.2, 0) is 13.2 Å². The predicted octanol–water partition coefficient (Wildman–Crippen LogP) is 2.39. The fraction of sp³-hybridized carbons (Fsp3) is 0.200. The lowest BCUT2D eigenvalue weighted by atomic mass is 10.3. The van der Waals surface area contributed by atoms with Crippen LogP contribution in [0.5, 0.6) is 0 Å². The first-order valence-corrected chi connectivity index (χ1v) is 7.92. The van der Waals surface area contributed by atoms with E-state index < -0.39 is 0 Å². The van der Waals surface area contributed by atoms with Crippen molar-refractivity contribution in [2.24, 2.45) is 0 Å². The van der Waals surface area contributed by atoms with Gasteiger partial charge in [0.1, 0.15) is 17.3 Å². The number of rotatable bonds is 4. The smallest absolute Gasteiger partial charge is 0.269 e. The highest BCUT2D eigenvalue weighted by atomic mass is 32.1. The van der Waals surface area contributed by atoms with Gasteiger partial charge < -0.3 is 14.2 Å². The minimum absolute atomic E-state index is 0.145. The van der Waals surface area contributed by atoms with Crippen LogP contribution in [0.4, 0.5) is 0 Å². The molecule has 0 spiro atoms. The van der Waals surface area contributed by atoms with Gasteiger partial charge in [0.15, 0.2) is 5.82 Å². The van der Waals surface area contributed by atoms with E-state index in [0.29, 0.717) is 24.1 Å². The zero-order valence-corrected chi connectivity index (χ0v) is 13.1. The summed E-state index contributed by atoms with van der Waals surface area (Å²) in [6, 6.07) is 7.72. The zero-order valence-electron chi connectivity index (χ0n) is 12.3. The van der Waals surface area contributed by atoms with Gasteiger partial charge in [-0.25, -0.2) is 9.97 Å². The average Bonchev–Trinajstić information content (AvgIpc) is 3.27. The molecule has 4 aromatic rings. The molecule has 0 aliphatic carbocycles. The van der Waals surface area contributed by atoms with Crippen LogP contribution in [-0.4, -0.2) is 29.8 Å².